The molecule has 3 heterocycles. The van der Waals surface area contributed by atoms with Gasteiger partial charge in [0.25, 0.3) is 0 Å². The van der Waals surface area contributed by atoms with Crippen LogP contribution in [-0.4, -0.2) is 118 Å². The number of hydrogen-bond donors (Lipinski definition) is 5. The molecule has 3 saturated carbocycles. The summed E-state index contributed by atoms with van der Waals surface area (Å²) in [6.07, 6.45) is -1.88. The zero-order valence-electron chi connectivity index (χ0n) is 33.9. The molecule has 6 fully saturated rings. The Morgan fingerprint density at radius 3 is 2.20 bits per heavy atom. The van der Waals surface area contributed by atoms with Crippen molar-refractivity contribution >= 4 is 11.9 Å². The molecule has 1 spiro atoms. The van der Waals surface area contributed by atoms with Gasteiger partial charge in [-0.05, 0) is 86.9 Å². The number of esters is 2. The standard InChI is InChI=1S/C42H66O13/c1-21(2)17-23(52-22(3)43)18-41(8)29-12-15-40(7)25-9-10-28-38(4,5)30(13-14-39(28,6)24(25)11-16-42(29,40)37(49)55-41)53-36-34(32(47)27(45)20-51-36)54-35-33(48)31(46)26(44)19-50-35/h9,21,23-24,26-36,44-48H,10-20H2,1-8H3/t23-,24-,26+,27+,28-,29+,30-,31-,32-,33+,34+,35-,36-,39+,40-,41-,42+/m0/s1. The molecule has 17 atom stereocenters. The Labute approximate surface area is 325 Å². The van der Waals surface area contributed by atoms with Gasteiger partial charge in [0.15, 0.2) is 12.6 Å². The molecule has 4 aliphatic carbocycles. The molecule has 55 heavy (non-hydrogen) atoms. The number of hydrogen-bond acceptors (Lipinski definition) is 13. The van der Waals surface area contributed by atoms with Gasteiger partial charge in [0.2, 0.25) is 0 Å². The van der Waals surface area contributed by atoms with Crippen LogP contribution in [0.1, 0.15) is 113 Å². The molecule has 0 aromatic carbocycles. The van der Waals surface area contributed by atoms with Crippen molar-refractivity contribution < 1.29 is 63.5 Å². The van der Waals surface area contributed by atoms with Crippen molar-refractivity contribution in [2.24, 2.45) is 45.3 Å². The minimum atomic E-state index is -1.58. The lowest BCUT2D eigenvalue weighted by Crippen LogP contribution is -2.63. The third-order valence-electron chi connectivity index (χ3n) is 15.8. The van der Waals surface area contributed by atoms with E-state index >= 15 is 0 Å². The summed E-state index contributed by atoms with van der Waals surface area (Å²) >= 11 is 0. The van der Waals surface area contributed by atoms with Crippen LogP contribution in [0.5, 0.6) is 0 Å². The molecule has 3 saturated heterocycles. The Morgan fingerprint density at radius 2 is 1.53 bits per heavy atom. The minimum Gasteiger partial charge on any atom is -0.462 e. The molecule has 5 N–H and O–H groups in total. The first kappa shape index (κ1) is 41.5. The highest BCUT2D eigenvalue weighted by molar-refractivity contribution is 5.83. The quantitative estimate of drug-likeness (QED) is 0.169. The lowest BCUT2D eigenvalue weighted by Gasteiger charge is -2.64. The Bertz CT molecular complexity index is 1500. The van der Waals surface area contributed by atoms with Crippen LogP contribution in [0.3, 0.4) is 0 Å². The van der Waals surface area contributed by atoms with Crippen LogP contribution >= 0.6 is 0 Å². The maximum atomic E-state index is 14.4. The summed E-state index contributed by atoms with van der Waals surface area (Å²) in [6.45, 7) is 16.5. The number of fused-ring (bicyclic) bond motifs is 4. The molecule has 0 aromatic heterocycles. The fraction of sp³-hybridized carbons (Fsp3) is 0.905. The Kier molecular flexibility index (Phi) is 11.0. The molecule has 13 nitrogen and oxygen atoms in total. The smallest absolute Gasteiger partial charge is 0.313 e. The number of rotatable bonds is 9. The van der Waals surface area contributed by atoms with Crippen molar-refractivity contribution in [1.82, 2.24) is 0 Å². The first-order chi connectivity index (χ1) is 25.7. The summed E-state index contributed by atoms with van der Waals surface area (Å²) in [5.41, 5.74) is -0.714. The van der Waals surface area contributed by atoms with Crippen molar-refractivity contribution in [1.29, 1.82) is 0 Å². The van der Waals surface area contributed by atoms with E-state index in [2.05, 4.69) is 54.5 Å². The van der Waals surface area contributed by atoms with E-state index in [-0.39, 0.29) is 71.4 Å². The normalized spacial score (nSPS) is 49.6. The molecule has 0 amide bonds. The van der Waals surface area contributed by atoms with Gasteiger partial charge in [-0.3, -0.25) is 9.59 Å². The summed E-state index contributed by atoms with van der Waals surface area (Å²) in [5, 5.41) is 52.2. The van der Waals surface area contributed by atoms with Gasteiger partial charge in [-0.2, -0.15) is 0 Å². The minimum absolute atomic E-state index is 0.0312. The maximum Gasteiger partial charge on any atom is 0.313 e. The summed E-state index contributed by atoms with van der Waals surface area (Å²) in [5.74, 6) is 0.459. The summed E-state index contributed by atoms with van der Waals surface area (Å²) in [4.78, 5) is 26.5. The van der Waals surface area contributed by atoms with E-state index in [0.29, 0.717) is 25.2 Å². The zero-order chi connectivity index (χ0) is 40.0. The average molecular weight is 779 g/mol. The zero-order valence-corrected chi connectivity index (χ0v) is 33.9. The van der Waals surface area contributed by atoms with Crippen molar-refractivity contribution in [2.75, 3.05) is 13.2 Å². The van der Waals surface area contributed by atoms with Crippen LogP contribution in [0.15, 0.2) is 11.6 Å². The van der Waals surface area contributed by atoms with Crippen LogP contribution in [-0.2, 0) is 38.0 Å². The second kappa shape index (κ2) is 14.5. The van der Waals surface area contributed by atoms with Crippen LogP contribution in [0.2, 0.25) is 0 Å². The van der Waals surface area contributed by atoms with Gasteiger partial charge in [-0.1, -0.05) is 53.2 Å². The molecule has 3 aliphatic heterocycles. The highest BCUT2D eigenvalue weighted by atomic mass is 16.7. The number of carbonyl (C=O) groups excluding carboxylic acids is 2. The van der Waals surface area contributed by atoms with E-state index in [0.717, 1.165) is 38.5 Å². The molecule has 0 bridgehead atoms. The second-order valence-electron chi connectivity index (χ2n) is 19.8. The fourth-order valence-electron chi connectivity index (χ4n) is 13.1. The monoisotopic (exact) mass is 778 g/mol. The van der Waals surface area contributed by atoms with Crippen LogP contribution < -0.4 is 0 Å². The summed E-state index contributed by atoms with van der Waals surface area (Å²) in [7, 11) is 0. The van der Waals surface area contributed by atoms with Gasteiger partial charge in [0.1, 0.15) is 48.3 Å². The molecular formula is C42H66O13. The molecule has 13 heteroatoms. The van der Waals surface area contributed by atoms with Gasteiger partial charge < -0.3 is 54.0 Å². The Morgan fingerprint density at radius 1 is 0.855 bits per heavy atom. The highest BCUT2D eigenvalue weighted by Crippen LogP contribution is 2.76. The van der Waals surface area contributed by atoms with Crippen molar-refractivity contribution in [3.05, 3.63) is 11.6 Å². The van der Waals surface area contributed by atoms with E-state index in [9.17, 15) is 35.1 Å². The van der Waals surface area contributed by atoms with E-state index in [1.165, 1.54) is 12.5 Å². The first-order valence-corrected chi connectivity index (χ1v) is 20.7. The van der Waals surface area contributed by atoms with Gasteiger partial charge in [-0.15, -0.1) is 0 Å². The van der Waals surface area contributed by atoms with Crippen molar-refractivity contribution in [3.8, 4) is 0 Å². The van der Waals surface area contributed by atoms with Gasteiger partial charge in [-0.25, -0.2) is 0 Å². The fourth-order valence-corrected chi connectivity index (χ4v) is 13.1. The number of ether oxygens (including phenoxy) is 6. The highest BCUT2D eigenvalue weighted by Gasteiger charge is 2.76. The van der Waals surface area contributed by atoms with Crippen LogP contribution in [0, 0.1) is 45.3 Å². The van der Waals surface area contributed by atoms with Gasteiger partial charge in [0, 0.05) is 24.7 Å². The van der Waals surface area contributed by atoms with Crippen LogP contribution in [0.25, 0.3) is 0 Å². The maximum absolute atomic E-state index is 14.4. The third-order valence-corrected chi connectivity index (χ3v) is 15.8. The van der Waals surface area contributed by atoms with Gasteiger partial charge in [0.05, 0.1) is 24.7 Å². The van der Waals surface area contributed by atoms with Crippen molar-refractivity contribution in [2.45, 2.75) is 180 Å². The SMILES string of the molecule is CC(=O)O[C@@H](CC(C)C)C[C@]1(C)OC(=O)[C@]23CC[C@H]4C(=CC[C@H]5C(C)(C)[C@@H](O[C@@H]6OC[C@@H](O)[C@H](O)[C@H]6O[C@@H]6OC[C@@H](O)[C@H](O)[C@H]6O)CC[C@]45C)[C@]2(C)CC[C@@H]31. The van der Waals surface area contributed by atoms with E-state index in [1.807, 2.05) is 0 Å². The lowest BCUT2D eigenvalue weighted by molar-refractivity contribution is -0.355. The van der Waals surface area contributed by atoms with E-state index in [1.54, 1.807) is 0 Å². The Hall–Kier alpha value is -1.68. The van der Waals surface area contributed by atoms with Crippen molar-refractivity contribution in [3.63, 3.8) is 0 Å². The third kappa shape index (κ3) is 6.54. The summed E-state index contributed by atoms with van der Waals surface area (Å²) < 4.78 is 36.4. The number of aliphatic hydroxyl groups excluding tert-OH is 5. The number of allylic oxidation sites excluding steroid dienone is 2. The topological polar surface area (TPSA) is 191 Å². The first-order valence-electron chi connectivity index (χ1n) is 20.7. The number of carbonyl (C=O) groups is 2. The molecule has 0 aromatic rings. The van der Waals surface area contributed by atoms with E-state index in [4.69, 9.17) is 28.4 Å². The van der Waals surface area contributed by atoms with Crippen LogP contribution in [0.4, 0.5) is 0 Å². The lowest BCUT2D eigenvalue weighted by atomic mass is 9.41. The molecule has 7 aliphatic rings. The molecular weight excluding hydrogens is 712 g/mol. The number of aliphatic hydroxyl groups is 5. The second-order valence-corrected chi connectivity index (χ2v) is 19.8. The molecule has 0 unspecified atom stereocenters. The predicted molar refractivity (Wildman–Crippen MR) is 197 cm³/mol. The molecule has 312 valence electrons. The predicted octanol–water partition coefficient (Wildman–Crippen LogP) is 3.54. The average Bonchev–Trinajstić information content (AvgIpc) is 3.53. The van der Waals surface area contributed by atoms with Gasteiger partial charge >= 0.3 is 11.9 Å². The number of cyclic esters (lactones) is 1. The molecule has 0 radical (unpaired) electrons. The Balaban J connectivity index is 1.11. The summed E-state index contributed by atoms with van der Waals surface area (Å²) in [6, 6.07) is 0. The van der Waals surface area contributed by atoms with E-state index < -0.39 is 60.2 Å². The molecule has 7 rings (SSSR count). The largest absolute Gasteiger partial charge is 0.462 e.